The molecule has 0 unspecified atom stereocenters. The lowest BCUT2D eigenvalue weighted by Gasteiger charge is -1.97. The first-order valence-corrected chi connectivity index (χ1v) is 10.3. The monoisotopic (exact) mass is 484 g/mol. The van der Waals surface area contributed by atoms with Gasteiger partial charge in [-0.05, 0) is 35.0 Å². The van der Waals surface area contributed by atoms with Gasteiger partial charge in [-0.3, -0.25) is 20.0 Å². The van der Waals surface area contributed by atoms with Crippen molar-refractivity contribution in [2.24, 2.45) is 10.2 Å². The van der Waals surface area contributed by atoms with E-state index in [1.165, 1.54) is 28.2 Å². The number of aromatic nitrogens is 3. The standard InChI is InChI=1S/C19H13BrN6O3S/c1-11-17(23-22-15-8-3-2-7-14(15)20)18(27)25(24-11)19-21-16(10-30-19)12-5-4-6-13(9-12)26(28)29/h2-10,24H,1H3. The molecule has 4 rings (SSSR count). The molecule has 2 aromatic heterocycles. The summed E-state index contributed by atoms with van der Waals surface area (Å²) in [5.74, 6) is 0. The van der Waals surface area contributed by atoms with Crippen LogP contribution >= 0.6 is 27.3 Å². The maximum atomic E-state index is 12.8. The number of nitrogens with one attached hydrogen (secondary N) is 1. The number of azo groups is 1. The molecule has 2 aromatic carbocycles. The van der Waals surface area contributed by atoms with Crippen molar-refractivity contribution < 1.29 is 4.92 Å². The summed E-state index contributed by atoms with van der Waals surface area (Å²) in [5.41, 5.74) is 2.05. The van der Waals surface area contributed by atoms with E-state index in [4.69, 9.17) is 0 Å². The fourth-order valence-corrected chi connectivity index (χ4v) is 3.86. The van der Waals surface area contributed by atoms with Gasteiger partial charge in [0.15, 0.2) is 5.69 Å². The van der Waals surface area contributed by atoms with Crippen LogP contribution in [0.3, 0.4) is 0 Å². The summed E-state index contributed by atoms with van der Waals surface area (Å²) in [6, 6.07) is 13.5. The number of benzene rings is 2. The molecule has 9 nitrogen and oxygen atoms in total. The fourth-order valence-electron chi connectivity index (χ4n) is 2.71. The Hall–Kier alpha value is -3.44. The molecule has 11 heteroatoms. The normalized spacial score (nSPS) is 11.3. The highest BCUT2D eigenvalue weighted by Crippen LogP contribution is 2.28. The Kier molecular flexibility index (Phi) is 5.38. The minimum Gasteiger partial charge on any atom is -0.291 e. The maximum absolute atomic E-state index is 12.8. The lowest BCUT2D eigenvalue weighted by atomic mass is 10.1. The van der Waals surface area contributed by atoms with Crippen molar-refractivity contribution in [3.05, 3.63) is 84.5 Å². The Balaban J connectivity index is 1.68. The summed E-state index contributed by atoms with van der Waals surface area (Å²) >= 11 is 4.63. The number of nitro groups is 1. The molecule has 4 aromatic rings. The van der Waals surface area contributed by atoms with Gasteiger partial charge in [0.2, 0.25) is 5.13 Å². The van der Waals surface area contributed by atoms with Crippen LogP contribution in [0.5, 0.6) is 0 Å². The van der Waals surface area contributed by atoms with Crippen LogP contribution in [0.4, 0.5) is 17.1 Å². The van der Waals surface area contributed by atoms with Crippen molar-refractivity contribution in [1.29, 1.82) is 0 Å². The van der Waals surface area contributed by atoms with E-state index in [1.54, 1.807) is 30.5 Å². The zero-order chi connectivity index (χ0) is 21.3. The van der Waals surface area contributed by atoms with E-state index in [9.17, 15) is 14.9 Å². The van der Waals surface area contributed by atoms with Crippen LogP contribution in [0.15, 0.2) is 73.4 Å². The molecule has 0 saturated heterocycles. The Labute approximate surface area is 182 Å². The number of nitrogens with zero attached hydrogens (tertiary/aromatic N) is 5. The van der Waals surface area contributed by atoms with Gasteiger partial charge in [0, 0.05) is 27.5 Å². The summed E-state index contributed by atoms with van der Waals surface area (Å²) in [6.07, 6.45) is 0. The average Bonchev–Trinajstić information content (AvgIpc) is 3.33. The zero-order valence-corrected chi connectivity index (χ0v) is 17.8. The van der Waals surface area contributed by atoms with E-state index in [2.05, 4.69) is 36.2 Å². The molecule has 0 amide bonds. The van der Waals surface area contributed by atoms with Crippen molar-refractivity contribution in [2.75, 3.05) is 0 Å². The molecular formula is C19H13BrN6O3S. The Morgan fingerprint density at radius 2 is 2.00 bits per heavy atom. The number of rotatable bonds is 5. The second-order valence-electron chi connectivity index (χ2n) is 6.20. The highest BCUT2D eigenvalue weighted by molar-refractivity contribution is 9.10. The van der Waals surface area contributed by atoms with Crippen molar-refractivity contribution in [2.45, 2.75) is 6.92 Å². The first-order chi connectivity index (χ1) is 14.4. The number of non-ortho nitro benzene ring substituents is 1. The maximum Gasteiger partial charge on any atom is 0.301 e. The first kappa shape index (κ1) is 19.9. The van der Waals surface area contributed by atoms with Gasteiger partial charge in [-0.2, -0.15) is 4.68 Å². The van der Waals surface area contributed by atoms with Gasteiger partial charge in [-0.1, -0.05) is 24.3 Å². The van der Waals surface area contributed by atoms with Crippen LogP contribution < -0.4 is 5.56 Å². The highest BCUT2D eigenvalue weighted by atomic mass is 79.9. The number of thiazole rings is 1. The molecule has 0 spiro atoms. The molecule has 2 heterocycles. The summed E-state index contributed by atoms with van der Waals surface area (Å²) in [7, 11) is 0. The van der Waals surface area contributed by atoms with Gasteiger partial charge in [-0.25, -0.2) is 4.98 Å². The summed E-state index contributed by atoms with van der Waals surface area (Å²) in [6.45, 7) is 1.72. The third-order valence-corrected chi connectivity index (χ3v) is 5.68. The molecule has 0 aliphatic heterocycles. The Morgan fingerprint density at radius 1 is 1.20 bits per heavy atom. The Bertz CT molecular complexity index is 1340. The number of nitro benzene ring substituents is 1. The molecule has 0 atom stereocenters. The van der Waals surface area contributed by atoms with Gasteiger partial charge < -0.3 is 0 Å². The molecule has 30 heavy (non-hydrogen) atoms. The SMILES string of the molecule is Cc1[nH]n(-c2nc(-c3cccc([N+](=O)[O-])c3)cs2)c(=O)c1N=Nc1ccccc1Br. The largest absolute Gasteiger partial charge is 0.301 e. The minimum atomic E-state index is -0.460. The van der Waals surface area contributed by atoms with Crippen molar-refractivity contribution >= 4 is 44.3 Å². The fraction of sp³-hybridized carbons (Fsp3) is 0.0526. The third kappa shape index (κ3) is 3.84. The lowest BCUT2D eigenvalue weighted by Crippen LogP contribution is -2.13. The quantitative estimate of drug-likeness (QED) is 0.222. The van der Waals surface area contributed by atoms with E-state index in [0.717, 1.165) is 4.47 Å². The van der Waals surface area contributed by atoms with Gasteiger partial charge in [0.05, 0.1) is 22.0 Å². The summed E-state index contributed by atoms with van der Waals surface area (Å²) in [4.78, 5) is 27.8. The minimum absolute atomic E-state index is 0.0234. The zero-order valence-electron chi connectivity index (χ0n) is 15.4. The van der Waals surface area contributed by atoms with Crippen LogP contribution in [-0.2, 0) is 0 Å². The molecule has 150 valence electrons. The van der Waals surface area contributed by atoms with Gasteiger partial charge in [0.1, 0.15) is 0 Å². The summed E-state index contributed by atoms with van der Waals surface area (Å²) in [5, 5.41) is 24.3. The molecule has 0 saturated carbocycles. The average molecular weight is 485 g/mol. The number of halogens is 1. The highest BCUT2D eigenvalue weighted by Gasteiger charge is 2.16. The van der Waals surface area contributed by atoms with E-state index in [1.807, 2.05) is 18.2 Å². The van der Waals surface area contributed by atoms with Gasteiger partial charge >= 0.3 is 5.56 Å². The van der Waals surface area contributed by atoms with E-state index in [0.29, 0.717) is 27.8 Å². The van der Waals surface area contributed by atoms with Crippen molar-refractivity contribution in [3.63, 3.8) is 0 Å². The van der Waals surface area contributed by atoms with Gasteiger partial charge in [-0.15, -0.1) is 21.6 Å². The molecule has 0 aliphatic carbocycles. The molecule has 0 fully saturated rings. The van der Waals surface area contributed by atoms with Crippen molar-refractivity contribution in [3.8, 4) is 16.4 Å². The van der Waals surface area contributed by atoms with Crippen LogP contribution in [0.2, 0.25) is 0 Å². The third-order valence-electron chi connectivity index (χ3n) is 4.19. The molecule has 0 bridgehead atoms. The second-order valence-corrected chi connectivity index (χ2v) is 7.89. The summed E-state index contributed by atoms with van der Waals surface area (Å²) < 4.78 is 2.05. The second kappa shape index (κ2) is 8.13. The molecule has 0 aliphatic rings. The van der Waals surface area contributed by atoms with Gasteiger partial charge in [0.25, 0.3) is 5.69 Å². The predicted molar refractivity (Wildman–Crippen MR) is 117 cm³/mol. The topological polar surface area (TPSA) is 119 Å². The predicted octanol–water partition coefficient (Wildman–Crippen LogP) is 5.68. The van der Waals surface area contributed by atoms with E-state index >= 15 is 0 Å². The molecule has 1 N–H and O–H groups in total. The number of hydrogen-bond donors (Lipinski definition) is 1. The van der Waals surface area contributed by atoms with Crippen LogP contribution in [0, 0.1) is 17.0 Å². The van der Waals surface area contributed by atoms with Crippen LogP contribution in [-0.4, -0.2) is 19.7 Å². The molecule has 0 radical (unpaired) electrons. The first-order valence-electron chi connectivity index (χ1n) is 8.62. The Morgan fingerprint density at radius 3 is 2.77 bits per heavy atom. The van der Waals surface area contributed by atoms with E-state index < -0.39 is 4.92 Å². The number of H-pyrrole nitrogens is 1. The van der Waals surface area contributed by atoms with Crippen molar-refractivity contribution in [1.82, 2.24) is 14.8 Å². The molecular weight excluding hydrogens is 472 g/mol. The van der Waals surface area contributed by atoms with E-state index in [-0.39, 0.29) is 16.9 Å². The number of aromatic amines is 1. The number of aryl methyl sites for hydroxylation is 1. The smallest absolute Gasteiger partial charge is 0.291 e. The number of hydrogen-bond acceptors (Lipinski definition) is 7. The van der Waals surface area contributed by atoms with Crippen LogP contribution in [0.25, 0.3) is 16.4 Å². The van der Waals surface area contributed by atoms with Crippen LogP contribution in [0.1, 0.15) is 5.69 Å². The lowest BCUT2D eigenvalue weighted by molar-refractivity contribution is -0.384.